The minimum atomic E-state index is -0.789. The zero-order valence-electron chi connectivity index (χ0n) is 16.3. The molecule has 29 heavy (non-hydrogen) atoms. The summed E-state index contributed by atoms with van der Waals surface area (Å²) in [5.74, 6) is -2.24. The van der Waals surface area contributed by atoms with Crippen molar-refractivity contribution in [2.24, 2.45) is 0 Å². The Morgan fingerprint density at radius 3 is 2.28 bits per heavy atom. The van der Waals surface area contributed by atoms with Crippen molar-refractivity contribution in [3.05, 3.63) is 71.0 Å². The fourth-order valence-electron chi connectivity index (χ4n) is 3.43. The molecule has 1 saturated heterocycles. The van der Waals surface area contributed by atoms with E-state index in [1.165, 1.54) is 41.3 Å². The molecular weight excluding hydrogens is 375 g/mol. The summed E-state index contributed by atoms with van der Waals surface area (Å²) in [7, 11) is 3.83. The van der Waals surface area contributed by atoms with E-state index in [9.17, 15) is 24.2 Å². The van der Waals surface area contributed by atoms with Gasteiger partial charge in [0.05, 0.1) is 11.6 Å². The Balaban J connectivity index is 2.07. The summed E-state index contributed by atoms with van der Waals surface area (Å²) in [4.78, 5) is 29.0. The van der Waals surface area contributed by atoms with Crippen molar-refractivity contribution in [2.45, 2.75) is 12.5 Å². The number of carbonyl (C=O) groups excluding carboxylic acids is 2. The number of aromatic hydroxyl groups is 1. The predicted octanol–water partition coefficient (Wildman–Crippen LogP) is 2.90. The maximum atomic E-state index is 13.3. The van der Waals surface area contributed by atoms with Crippen LogP contribution in [0, 0.1) is 5.82 Å². The number of phenols is 1. The number of aliphatic hydroxyl groups excluding tert-OH is 1. The lowest BCUT2D eigenvalue weighted by Gasteiger charge is -2.26. The Kier molecular flexibility index (Phi) is 5.98. The number of rotatable bonds is 6. The second kappa shape index (κ2) is 8.45. The molecule has 1 aliphatic heterocycles. The fourth-order valence-corrected chi connectivity index (χ4v) is 3.43. The van der Waals surface area contributed by atoms with Gasteiger partial charge in [-0.15, -0.1) is 0 Å². The molecule has 0 bridgehead atoms. The molecule has 0 radical (unpaired) electrons. The molecule has 2 N–H and O–H groups in total. The Bertz CT molecular complexity index is 936. The number of hydrogen-bond donors (Lipinski definition) is 2. The largest absolute Gasteiger partial charge is 0.508 e. The third-order valence-electron chi connectivity index (χ3n) is 4.87. The highest BCUT2D eigenvalue weighted by Gasteiger charge is 2.45. The molecule has 1 amide bonds. The van der Waals surface area contributed by atoms with Crippen LogP contribution in [0.15, 0.2) is 54.1 Å². The molecule has 1 aliphatic rings. The molecule has 1 heterocycles. The Labute approximate surface area is 168 Å². The molecule has 6 nitrogen and oxygen atoms in total. The lowest BCUT2D eigenvalue weighted by Crippen LogP contribution is -2.32. The minimum Gasteiger partial charge on any atom is -0.508 e. The van der Waals surface area contributed by atoms with Gasteiger partial charge in [0.15, 0.2) is 0 Å². The number of Topliss-reactive ketones (excluding diaryl/α,β-unsaturated/α-hetero) is 1. The highest BCUT2D eigenvalue weighted by molar-refractivity contribution is 6.46. The quantitative estimate of drug-likeness (QED) is 0.444. The van der Waals surface area contributed by atoms with Gasteiger partial charge >= 0.3 is 0 Å². The molecule has 1 fully saturated rings. The maximum absolute atomic E-state index is 13.3. The molecule has 1 unspecified atom stereocenters. The molecule has 0 saturated carbocycles. The normalized spacial score (nSPS) is 18.6. The van der Waals surface area contributed by atoms with Crippen molar-refractivity contribution in [3.63, 3.8) is 0 Å². The molecule has 0 aliphatic carbocycles. The lowest BCUT2D eigenvalue weighted by molar-refractivity contribution is -0.139. The molecule has 7 heteroatoms. The molecular formula is C22H23FN2O4. The zero-order chi connectivity index (χ0) is 21.1. The van der Waals surface area contributed by atoms with Crippen LogP contribution >= 0.6 is 0 Å². The average Bonchev–Trinajstić information content (AvgIpc) is 2.93. The number of hydrogen-bond acceptors (Lipinski definition) is 5. The van der Waals surface area contributed by atoms with Crippen molar-refractivity contribution in [2.75, 3.05) is 27.2 Å². The summed E-state index contributed by atoms with van der Waals surface area (Å²) >= 11 is 0. The smallest absolute Gasteiger partial charge is 0.295 e. The number of amides is 1. The van der Waals surface area contributed by atoms with Crippen molar-refractivity contribution >= 4 is 17.4 Å². The molecule has 3 rings (SSSR count). The van der Waals surface area contributed by atoms with Gasteiger partial charge in [0.1, 0.15) is 17.3 Å². The number of likely N-dealkylation sites (tertiary alicyclic amines) is 1. The monoisotopic (exact) mass is 398 g/mol. The van der Waals surface area contributed by atoms with Gasteiger partial charge in [-0.25, -0.2) is 4.39 Å². The van der Waals surface area contributed by atoms with E-state index in [-0.39, 0.29) is 22.6 Å². The molecule has 2 aromatic rings. The third kappa shape index (κ3) is 4.30. The van der Waals surface area contributed by atoms with Gasteiger partial charge in [0, 0.05) is 12.1 Å². The van der Waals surface area contributed by atoms with Crippen LogP contribution in [-0.4, -0.2) is 58.9 Å². The van der Waals surface area contributed by atoms with Crippen molar-refractivity contribution in [1.29, 1.82) is 0 Å². The first kappa shape index (κ1) is 20.5. The van der Waals surface area contributed by atoms with Crippen LogP contribution in [0.25, 0.3) is 5.76 Å². The predicted molar refractivity (Wildman–Crippen MR) is 107 cm³/mol. The number of benzene rings is 2. The van der Waals surface area contributed by atoms with Crippen molar-refractivity contribution in [1.82, 2.24) is 9.80 Å². The van der Waals surface area contributed by atoms with Gasteiger partial charge in [0.25, 0.3) is 11.7 Å². The van der Waals surface area contributed by atoms with Crippen molar-refractivity contribution < 1.29 is 24.2 Å². The van der Waals surface area contributed by atoms with Gasteiger partial charge in [-0.1, -0.05) is 12.1 Å². The van der Waals surface area contributed by atoms with Gasteiger partial charge in [-0.2, -0.15) is 0 Å². The topological polar surface area (TPSA) is 81.1 Å². The fraction of sp³-hybridized carbons (Fsp3) is 0.273. The van der Waals surface area contributed by atoms with E-state index < -0.39 is 23.5 Å². The van der Waals surface area contributed by atoms with E-state index in [1.54, 1.807) is 12.1 Å². The first-order chi connectivity index (χ1) is 13.8. The molecule has 0 spiro atoms. The molecule has 1 atom stereocenters. The standard InChI is InChI=1S/C22H23FN2O4/c1-24(2)12-3-13-25-19(14-6-10-17(26)11-7-14)18(21(28)22(25)29)20(27)15-4-8-16(23)9-5-15/h4-11,19,26-27H,3,12-13H2,1-2H3/b20-18-. The van der Waals surface area contributed by atoms with Crippen LogP contribution in [-0.2, 0) is 9.59 Å². The van der Waals surface area contributed by atoms with Crippen molar-refractivity contribution in [3.8, 4) is 5.75 Å². The second-order valence-electron chi connectivity index (χ2n) is 7.25. The second-order valence-corrected chi connectivity index (χ2v) is 7.25. The van der Waals surface area contributed by atoms with Crippen LogP contribution < -0.4 is 0 Å². The van der Waals surface area contributed by atoms with Gasteiger partial charge in [-0.05, 0) is 69.0 Å². The summed E-state index contributed by atoms with van der Waals surface area (Å²) in [5, 5.41) is 20.4. The summed E-state index contributed by atoms with van der Waals surface area (Å²) in [6.45, 7) is 1.05. The van der Waals surface area contributed by atoms with Crippen LogP contribution in [0.2, 0.25) is 0 Å². The highest BCUT2D eigenvalue weighted by Crippen LogP contribution is 2.39. The van der Waals surface area contributed by atoms with Gasteiger partial charge in [0.2, 0.25) is 0 Å². The number of aliphatic hydroxyl groups is 1. The summed E-state index contributed by atoms with van der Waals surface area (Å²) < 4.78 is 13.3. The van der Waals surface area contributed by atoms with E-state index in [2.05, 4.69) is 0 Å². The van der Waals surface area contributed by atoms with Gasteiger partial charge in [-0.3, -0.25) is 9.59 Å². The van der Waals surface area contributed by atoms with E-state index in [0.29, 0.717) is 18.5 Å². The maximum Gasteiger partial charge on any atom is 0.295 e. The van der Waals surface area contributed by atoms with Gasteiger partial charge < -0.3 is 20.0 Å². The number of nitrogens with zero attached hydrogens (tertiary/aromatic N) is 2. The Morgan fingerprint density at radius 2 is 1.69 bits per heavy atom. The SMILES string of the molecule is CN(C)CCCN1C(=O)C(=O)/C(=C(\O)c2ccc(F)cc2)C1c1ccc(O)cc1. The summed E-state index contributed by atoms with van der Waals surface area (Å²) in [6.07, 6.45) is 0.644. The lowest BCUT2D eigenvalue weighted by atomic mass is 9.95. The van der Waals surface area contributed by atoms with Crippen LogP contribution in [0.1, 0.15) is 23.6 Å². The van der Waals surface area contributed by atoms with E-state index in [0.717, 1.165) is 6.54 Å². The first-order valence-corrected chi connectivity index (χ1v) is 9.27. The molecule has 152 valence electrons. The van der Waals surface area contributed by atoms with E-state index >= 15 is 0 Å². The van der Waals surface area contributed by atoms with Crippen LogP contribution in [0.4, 0.5) is 4.39 Å². The van der Waals surface area contributed by atoms with Crippen LogP contribution in [0.5, 0.6) is 5.75 Å². The van der Waals surface area contributed by atoms with Crippen LogP contribution in [0.3, 0.4) is 0 Å². The minimum absolute atomic E-state index is 0.0443. The van der Waals surface area contributed by atoms with E-state index in [4.69, 9.17) is 0 Å². The summed E-state index contributed by atoms with van der Waals surface area (Å²) in [5.41, 5.74) is 0.800. The molecule has 0 aromatic heterocycles. The van der Waals surface area contributed by atoms with E-state index in [1.807, 2.05) is 19.0 Å². The zero-order valence-corrected chi connectivity index (χ0v) is 16.3. The Morgan fingerprint density at radius 1 is 1.07 bits per heavy atom. The number of halogens is 1. The third-order valence-corrected chi connectivity index (χ3v) is 4.87. The highest BCUT2D eigenvalue weighted by atomic mass is 19.1. The number of ketones is 1. The summed E-state index contributed by atoms with van der Waals surface area (Å²) in [6, 6.07) is 10.4. The first-order valence-electron chi connectivity index (χ1n) is 9.27. The number of phenolic OH excluding ortho intramolecular Hbond substituents is 1. The average molecular weight is 398 g/mol. The molecule has 2 aromatic carbocycles. The number of carbonyl (C=O) groups is 2. The Hall–Kier alpha value is -3.19.